The minimum absolute atomic E-state index is 0.183. The summed E-state index contributed by atoms with van der Waals surface area (Å²) in [4.78, 5) is 0.183. The first kappa shape index (κ1) is 9.71. The van der Waals surface area contributed by atoms with E-state index in [-0.39, 0.29) is 16.5 Å². The molecule has 5 heteroatoms. The standard InChI is InChI=1S/C9H8ClNO2S/c10-8-3-1-2-7-6(4-11)5-14(12,13)9(7)8/h1-3,5H,4,11H2. The summed E-state index contributed by atoms with van der Waals surface area (Å²) in [6.45, 7) is 0.201. The summed E-state index contributed by atoms with van der Waals surface area (Å²) in [7, 11) is -3.37. The highest BCUT2D eigenvalue weighted by molar-refractivity contribution is 7.95. The molecule has 0 saturated carbocycles. The Balaban J connectivity index is 2.82. The highest BCUT2D eigenvalue weighted by atomic mass is 35.5. The molecule has 0 bridgehead atoms. The molecule has 0 atom stereocenters. The maximum atomic E-state index is 11.6. The Morgan fingerprint density at radius 3 is 2.71 bits per heavy atom. The molecule has 1 aliphatic heterocycles. The van der Waals surface area contributed by atoms with Gasteiger partial charge in [0.05, 0.1) is 9.92 Å². The van der Waals surface area contributed by atoms with Crippen LogP contribution in [0.5, 0.6) is 0 Å². The predicted octanol–water partition coefficient (Wildman–Crippen LogP) is 1.43. The SMILES string of the molecule is NCC1=CS(=O)(=O)c2c(Cl)cccc21. The molecule has 74 valence electrons. The molecular weight excluding hydrogens is 222 g/mol. The molecule has 1 heterocycles. The number of halogens is 1. The van der Waals surface area contributed by atoms with Crippen molar-refractivity contribution in [2.45, 2.75) is 4.90 Å². The van der Waals surface area contributed by atoms with E-state index in [2.05, 4.69) is 0 Å². The molecule has 14 heavy (non-hydrogen) atoms. The van der Waals surface area contributed by atoms with E-state index in [4.69, 9.17) is 17.3 Å². The molecule has 2 rings (SSSR count). The topological polar surface area (TPSA) is 60.2 Å². The fourth-order valence-electron chi connectivity index (χ4n) is 1.52. The van der Waals surface area contributed by atoms with Gasteiger partial charge in [-0.1, -0.05) is 23.7 Å². The van der Waals surface area contributed by atoms with Crippen LogP contribution < -0.4 is 5.73 Å². The molecule has 1 aromatic carbocycles. The van der Waals surface area contributed by atoms with Crippen molar-refractivity contribution in [1.29, 1.82) is 0 Å². The highest BCUT2D eigenvalue weighted by Gasteiger charge is 2.28. The highest BCUT2D eigenvalue weighted by Crippen LogP contribution is 2.37. The van der Waals surface area contributed by atoms with E-state index in [0.717, 1.165) is 0 Å². The third-order valence-electron chi connectivity index (χ3n) is 2.11. The summed E-state index contributed by atoms with van der Waals surface area (Å²) < 4.78 is 23.3. The van der Waals surface area contributed by atoms with Crippen molar-refractivity contribution >= 4 is 27.0 Å². The molecule has 3 nitrogen and oxygen atoms in total. The first-order chi connectivity index (χ1) is 6.56. The maximum Gasteiger partial charge on any atom is 0.202 e. The van der Waals surface area contributed by atoms with Crippen LogP contribution in [0.15, 0.2) is 28.5 Å². The van der Waals surface area contributed by atoms with Crippen molar-refractivity contribution in [3.8, 4) is 0 Å². The van der Waals surface area contributed by atoms with Crippen molar-refractivity contribution < 1.29 is 8.42 Å². The number of benzene rings is 1. The Kier molecular flexibility index (Phi) is 2.14. The third kappa shape index (κ3) is 1.27. The number of sulfone groups is 1. The van der Waals surface area contributed by atoms with Gasteiger partial charge in [-0.15, -0.1) is 0 Å². The average molecular weight is 230 g/mol. The summed E-state index contributed by atoms with van der Waals surface area (Å²) in [5.74, 6) is 0. The number of nitrogens with two attached hydrogens (primary N) is 1. The Morgan fingerprint density at radius 2 is 2.07 bits per heavy atom. The van der Waals surface area contributed by atoms with Gasteiger partial charge >= 0.3 is 0 Å². The predicted molar refractivity (Wildman–Crippen MR) is 55.7 cm³/mol. The largest absolute Gasteiger partial charge is 0.326 e. The number of fused-ring (bicyclic) bond motifs is 1. The maximum absolute atomic E-state index is 11.6. The van der Waals surface area contributed by atoms with Crippen LogP contribution in [0, 0.1) is 0 Å². The molecule has 0 unspecified atom stereocenters. The lowest BCUT2D eigenvalue weighted by molar-refractivity contribution is 0.605. The van der Waals surface area contributed by atoms with E-state index in [9.17, 15) is 8.42 Å². The summed E-state index contributed by atoms with van der Waals surface area (Å²) in [6.07, 6.45) is 0. The van der Waals surface area contributed by atoms with Crippen LogP contribution >= 0.6 is 11.6 Å². The summed E-state index contributed by atoms with van der Waals surface area (Å²) >= 11 is 5.82. The first-order valence-electron chi connectivity index (χ1n) is 4.01. The molecule has 0 aliphatic carbocycles. The van der Waals surface area contributed by atoms with Crippen LogP contribution in [-0.2, 0) is 9.84 Å². The van der Waals surface area contributed by atoms with Crippen molar-refractivity contribution in [3.05, 3.63) is 34.2 Å². The van der Waals surface area contributed by atoms with Gasteiger partial charge in [-0.3, -0.25) is 0 Å². The van der Waals surface area contributed by atoms with Crippen molar-refractivity contribution in [2.24, 2.45) is 5.73 Å². The molecule has 0 saturated heterocycles. The fourth-order valence-corrected chi connectivity index (χ4v) is 3.58. The fraction of sp³-hybridized carbons (Fsp3) is 0.111. The number of hydrogen-bond acceptors (Lipinski definition) is 3. The van der Waals surface area contributed by atoms with Crippen LogP contribution in [0.3, 0.4) is 0 Å². The summed E-state index contributed by atoms with van der Waals surface area (Å²) in [6, 6.07) is 4.99. The molecule has 0 aromatic heterocycles. The molecule has 2 N–H and O–H groups in total. The van der Waals surface area contributed by atoms with Gasteiger partial charge in [0.25, 0.3) is 0 Å². The average Bonchev–Trinajstić information content (AvgIpc) is 2.39. The van der Waals surface area contributed by atoms with Gasteiger partial charge < -0.3 is 5.73 Å². The van der Waals surface area contributed by atoms with Crippen LogP contribution in [0.4, 0.5) is 0 Å². The Bertz CT molecular complexity index is 520. The minimum atomic E-state index is -3.37. The number of hydrogen-bond donors (Lipinski definition) is 1. The normalized spacial score (nSPS) is 17.7. The molecule has 0 radical (unpaired) electrons. The first-order valence-corrected chi connectivity index (χ1v) is 5.93. The third-order valence-corrected chi connectivity index (χ3v) is 4.15. The van der Waals surface area contributed by atoms with Gasteiger partial charge in [0, 0.05) is 17.5 Å². The zero-order valence-electron chi connectivity index (χ0n) is 7.20. The zero-order valence-corrected chi connectivity index (χ0v) is 8.77. The van der Waals surface area contributed by atoms with E-state index in [1.807, 2.05) is 0 Å². The summed E-state index contributed by atoms with van der Waals surface area (Å²) in [5, 5.41) is 1.44. The monoisotopic (exact) mass is 229 g/mol. The van der Waals surface area contributed by atoms with Crippen LogP contribution in [-0.4, -0.2) is 15.0 Å². The lowest BCUT2D eigenvalue weighted by Gasteiger charge is -2.02. The Labute approximate surface area is 87.1 Å². The molecule has 0 spiro atoms. The second-order valence-corrected chi connectivity index (χ2v) is 5.15. The second kappa shape index (κ2) is 3.08. The molecule has 0 amide bonds. The van der Waals surface area contributed by atoms with Gasteiger partial charge in [-0.25, -0.2) is 8.42 Å². The van der Waals surface area contributed by atoms with Crippen LogP contribution in [0.1, 0.15) is 5.56 Å². The molecular formula is C9H8ClNO2S. The zero-order chi connectivity index (χ0) is 10.3. The second-order valence-electron chi connectivity index (χ2n) is 3.01. The minimum Gasteiger partial charge on any atom is -0.326 e. The van der Waals surface area contributed by atoms with Crippen molar-refractivity contribution in [1.82, 2.24) is 0 Å². The molecule has 1 aromatic rings. The molecule has 0 fully saturated rings. The molecule has 1 aliphatic rings. The van der Waals surface area contributed by atoms with Crippen LogP contribution in [0.2, 0.25) is 5.02 Å². The van der Waals surface area contributed by atoms with Crippen molar-refractivity contribution in [3.63, 3.8) is 0 Å². The Hall–Kier alpha value is -0.840. The van der Waals surface area contributed by atoms with E-state index < -0.39 is 9.84 Å². The summed E-state index contributed by atoms with van der Waals surface area (Å²) in [5.41, 5.74) is 6.68. The van der Waals surface area contributed by atoms with E-state index in [1.54, 1.807) is 18.2 Å². The lowest BCUT2D eigenvalue weighted by atomic mass is 10.1. The van der Waals surface area contributed by atoms with Gasteiger partial charge in [0.1, 0.15) is 0 Å². The quantitative estimate of drug-likeness (QED) is 0.793. The van der Waals surface area contributed by atoms with Gasteiger partial charge in [0.2, 0.25) is 9.84 Å². The smallest absolute Gasteiger partial charge is 0.202 e. The van der Waals surface area contributed by atoms with Crippen LogP contribution in [0.25, 0.3) is 5.57 Å². The van der Waals surface area contributed by atoms with E-state index >= 15 is 0 Å². The van der Waals surface area contributed by atoms with Gasteiger partial charge in [-0.05, 0) is 11.6 Å². The van der Waals surface area contributed by atoms with Gasteiger partial charge in [0.15, 0.2) is 0 Å². The Morgan fingerprint density at radius 1 is 1.36 bits per heavy atom. The van der Waals surface area contributed by atoms with Crippen molar-refractivity contribution in [2.75, 3.05) is 6.54 Å². The van der Waals surface area contributed by atoms with E-state index in [1.165, 1.54) is 5.41 Å². The van der Waals surface area contributed by atoms with E-state index in [0.29, 0.717) is 11.1 Å². The lowest BCUT2D eigenvalue weighted by Crippen LogP contribution is -2.00. The number of rotatable bonds is 1. The van der Waals surface area contributed by atoms with Gasteiger partial charge in [-0.2, -0.15) is 0 Å².